The molecule has 3 rings (SSSR count). The van der Waals surface area contributed by atoms with Gasteiger partial charge in [0.15, 0.2) is 0 Å². The molecular weight excluding hydrogens is 399 g/mol. The molecule has 0 radical (unpaired) electrons. The molecule has 0 saturated heterocycles. The highest BCUT2D eigenvalue weighted by Crippen LogP contribution is 2.30. The number of rotatable bonds is 8. The minimum Gasteiger partial charge on any atom is -0.493 e. The molecule has 2 N–H and O–H groups in total. The number of hydrogen-bond donors (Lipinski definition) is 2. The molecule has 1 unspecified atom stereocenters. The third-order valence-electron chi connectivity index (χ3n) is 4.49. The standard InChI is InChI=1S/C21H22Cl2N2O3/c1-13(14-4-6-16(7-5-14)25-21(27)15-2-3-15)24-20(26)10-11-28-17-8-9-18(22)19(23)12-17/h4-9,12-13,15H,2-3,10-11H2,1H3,(H,24,26)(H,25,27). The van der Waals surface area contributed by atoms with Gasteiger partial charge >= 0.3 is 0 Å². The van der Waals surface area contributed by atoms with Crippen LogP contribution in [-0.4, -0.2) is 18.4 Å². The van der Waals surface area contributed by atoms with Crippen LogP contribution in [0.4, 0.5) is 5.69 Å². The average Bonchev–Trinajstić information content (AvgIpc) is 3.50. The third-order valence-corrected chi connectivity index (χ3v) is 5.23. The van der Waals surface area contributed by atoms with E-state index in [4.69, 9.17) is 27.9 Å². The molecule has 1 fully saturated rings. The number of carbonyl (C=O) groups excluding carboxylic acids is 2. The van der Waals surface area contributed by atoms with Crippen molar-refractivity contribution in [2.24, 2.45) is 5.92 Å². The van der Waals surface area contributed by atoms with Gasteiger partial charge in [0.25, 0.3) is 0 Å². The first-order valence-electron chi connectivity index (χ1n) is 9.20. The molecule has 0 aromatic heterocycles. The van der Waals surface area contributed by atoms with Crippen molar-refractivity contribution in [2.75, 3.05) is 11.9 Å². The molecule has 1 aliphatic carbocycles. The lowest BCUT2D eigenvalue weighted by Crippen LogP contribution is -2.27. The van der Waals surface area contributed by atoms with Crippen LogP contribution in [0.25, 0.3) is 0 Å². The van der Waals surface area contributed by atoms with Crippen LogP contribution in [0.1, 0.15) is 37.8 Å². The Hall–Kier alpha value is -2.24. The van der Waals surface area contributed by atoms with Gasteiger partial charge in [-0.25, -0.2) is 0 Å². The quantitative estimate of drug-likeness (QED) is 0.631. The number of ether oxygens (including phenoxy) is 1. The van der Waals surface area contributed by atoms with E-state index in [2.05, 4.69) is 10.6 Å². The van der Waals surface area contributed by atoms with E-state index < -0.39 is 0 Å². The van der Waals surface area contributed by atoms with Crippen LogP contribution in [-0.2, 0) is 9.59 Å². The highest BCUT2D eigenvalue weighted by atomic mass is 35.5. The van der Waals surface area contributed by atoms with E-state index in [0.29, 0.717) is 15.8 Å². The summed E-state index contributed by atoms with van der Waals surface area (Å²) < 4.78 is 5.53. The highest BCUT2D eigenvalue weighted by Gasteiger charge is 2.29. The molecular formula is C21H22Cl2N2O3. The molecule has 2 amide bonds. The Bertz CT molecular complexity index is 851. The second kappa shape index (κ2) is 9.30. The van der Waals surface area contributed by atoms with Crippen molar-refractivity contribution in [3.8, 4) is 5.75 Å². The number of amides is 2. The second-order valence-electron chi connectivity index (χ2n) is 6.85. The first kappa shape index (κ1) is 20.5. The molecule has 5 nitrogen and oxygen atoms in total. The molecule has 2 aromatic rings. The van der Waals surface area contributed by atoms with E-state index in [1.54, 1.807) is 18.2 Å². The lowest BCUT2D eigenvalue weighted by Gasteiger charge is -2.15. The van der Waals surface area contributed by atoms with Crippen molar-refractivity contribution in [3.63, 3.8) is 0 Å². The summed E-state index contributed by atoms with van der Waals surface area (Å²) in [4.78, 5) is 23.9. The second-order valence-corrected chi connectivity index (χ2v) is 7.66. The van der Waals surface area contributed by atoms with E-state index >= 15 is 0 Å². The molecule has 148 valence electrons. The molecule has 2 aromatic carbocycles. The molecule has 1 atom stereocenters. The smallest absolute Gasteiger partial charge is 0.227 e. The van der Waals surface area contributed by atoms with Crippen LogP contribution in [0.5, 0.6) is 5.75 Å². The maximum atomic E-state index is 12.1. The van der Waals surface area contributed by atoms with Gasteiger partial charge in [0, 0.05) is 17.7 Å². The molecule has 0 heterocycles. The fourth-order valence-electron chi connectivity index (χ4n) is 2.67. The molecule has 1 aliphatic rings. The molecule has 0 aliphatic heterocycles. The summed E-state index contributed by atoms with van der Waals surface area (Å²) in [6.07, 6.45) is 2.17. The van der Waals surface area contributed by atoms with Crippen molar-refractivity contribution in [1.29, 1.82) is 0 Å². The Morgan fingerprint density at radius 3 is 2.46 bits per heavy atom. The molecule has 1 saturated carbocycles. The van der Waals surface area contributed by atoms with Gasteiger partial charge in [-0.15, -0.1) is 0 Å². The predicted octanol–water partition coefficient (Wildman–Crippen LogP) is 4.99. The zero-order valence-electron chi connectivity index (χ0n) is 15.5. The van der Waals surface area contributed by atoms with Gasteiger partial charge in [-0.1, -0.05) is 35.3 Å². The number of halogens is 2. The van der Waals surface area contributed by atoms with Crippen molar-refractivity contribution < 1.29 is 14.3 Å². The number of carbonyl (C=O) groups is 2. The third kappa shape index (κ3) is 5.88. The summed E-state index contributed by atoms with van der Waals surface area (Å²) in [6.45, 7) is 2.15. The van der Waals surface area contributed by atoms with Gasteiger partial charge in [0.2, 0.25) is 11.8 Å². The summed E-state index contributed by atoms with van der Waals surface area (Å²) in [7, 11) is 0. The number of nitrogens with one attached hydrogen (secondary N) is 2. The first-order valence-corrected chi connectivity index (χ1v) is 9.96. The van der Waals surface area contributed by atoms with Crippen LogP contribution >= 0.6 is 23.2 Å². The first-order chi connectivity index (χ1) is 13.4. The summed E-state index contributed by atoms with van der Waals surface area (Å²) >= 11 is 11.8. The lowest BCUT2D eigenvalue weighted by molar-refractivity contribution is -0.122. The Morgan fingerprint density at radius 2 is 1.82 bits per heavy atom. The van der Waals surface area contributed by atoms with Gasteiger partial charge in [0.05, 0.1) is 29.1 Å². The topological polar surface area (TPSA) is 67.4 Å². The van der Waals surface area contributed by atoms with Crippen LogP contribution in [0.3, 0.4) is 0 Å². The molecule has 28 heavy (non-hydrogen) atoms. The average molecular weight is 421 g/mol. The Labute approximate surface area is 174 Å². The van der Waals surface area contributed by atoms with Gasteiger partial charge in [0.1, 0.15) is 5.75 Å². The van der Waals surface area contributed by atoms with Crippen LogP contribution in [0.2, 0.25) is 10.0 Å². The van der Waals surface area contributed by atoms with E-state index in [1.807, 2.05) is 31.2 Å². The molecule has 7 heteroatoms. The van der Waals surface area contributed by atoms with Gasteiger partial charge < -0.3 is 15.4 Å². The predicted molar refractivity (Wildman–Crippen MR) is 111 cm³/mol. The van der Waals surface area contributed by atoms with E-state index in [9.17, 15) is 9.59 Å². The van der Waals surface area contributed by atoms with Gasteiger partial charge in [-0.05, 0) is 49.6 Å². The monoisotopic (exact) mass is 420 g/mol. The van der Waals surface area contributed by atoms with Crippen molar-refractivity contribution in [2.45, 2.75) is 32.2 Å². The van der Waals surface area contributed by atoms with Crippen LogP contribution < -0.4 is 15.4 Å². The normalized spacial score (nSPS) is 14.2. The van der Waals surface area contributed by atoms with E-state index in [-0.39, 0.29) is 36.8 Å². The van der Waals surface area contributed by atoms with Crippen molar-refractivity contribution in [3.05, 3.63) is 58.1 Å². The van der Waals surface area contributed by atoms with Gasteiger partial charge in [-0.2, -0.15) is 0 Å². The number of hydrogen-bond acceptors (Lipinski definition) is 3. The van der Waals surface area contributed by atoms with Crippen LogP contribution in [0, 0.1) is 5.92 Å². The van der Waals surface area contributed by atoms with Crippen LogP contribution in [0.15, 0.2) is 42.5 Å². The zero-order valence-corrected chi connectivity index (χ0v) is 17.0. The summed E-state index contributed by atoms with van der Waals surface area (Å²) in [5.74, 6) is 0.706. The number of benzene rings is 2. The lowest BCUT2D eigenvalue weighted by atomic mass is 10.1. The maximum absolute atomic E-state index is 12.1. The summed E-state index contributed by atoms with van der Waals surface area (Å²) in [5.41, 5.74) is 1.73. The largest absolute Gasteiger partial charge is 0.493 e. The Morgan fingerprint density at radius 1 is 1.11 bits per heavy atom. The fraction of sp³-hybridized carbons (Fsp3) is 0.333. The van der Waals surface area contributed by atoms with E-state index in [0.717, 1.165) is 24.1 Å². The van der Waals surface area contributed by atoms with Crippen molar-refractivity contribution in [1.82, 2.24) is 5.32 Å². The SMILES string of the molecule is CC(NC(=O)CCOc1ccc(Cl)c(Cl)c1)c1ccc(NC(=O)C2CC2)cc1. The maximum Gasteiger partial charge on any atom is 0.227 e. The fourth-order valence-corrected chi connectivity index (χ4v) is 2.96. The molecule has 0 bridgehead atoms. The Balaban J connectivity index is 1.42. The number of anilines is 1. The van der Waals surface area contributed by atoms with Gasteiger partial charge in [-0.3, -0.25) is 9.59 Å². The Kier molecular flexibility index (Phi) is 6.81. The highest BCUT2D eigenvalue weighted by molar-refractivity contribution is 6.42. The minimum absolute atomic E-state index is 0.0797. The summed E-state index contributed by atoms with van der Waals surface area (Å²) in [6, 6.07) is 12.3. The van der Waals surface area contributed by atoms with E-state index in [1.165, 1.54) is 0 Å². The van der Waals surface area contributed by atoms with Crippen molar-refractivity contribution >= 4 is 40.7 Å². The molecule has 0 spiro atoms. The summed E-state index contributed by atoms with van der Waals surface area (Å²) in [5, 5.41) is 6.71. The minimum atomic E-state index is -0.148. The zero-order chi connectivity index (χ0) is 20.1.